The van der Waals surface area contributed by atoms with Gasteiger partial charge in [-0.25, -0.2) is 23.3 Å². The van der Waals surface area contributed by atoms with Crippen molar-refractivity contribution in [1.82, 2.24) is 10.3 Å². The first-order valence-electron chi connectivity index (χ1n) is 9.09. The van der Waals surface area contributed by atoms with Gasteiger partial charge in [-0.1, -0.05) is 0 Å². The van der Waals surface area contributed by atoms with E-state index in [0.29, 0.717) is 49.3 Å². The van der Waals surface area contributed by atoms with Gasteiger partial charge in [0.2, 0.25) is 10.0 Å². The summed E-state index contributed by atoms with van der Waals surface area (Å²) < 4.78 is 33.6. The van der Waals surface area contributed by atoms with E-state index in [1.807, 2.05) is 4.90 Å². The van der Waals surface area contributed by atoms with Crippen LogP contribution in [0.5, 0.6) is 11.5 Å². The molecule has 1 aromatic carbocycles. The van der Waals surface area contributed by atoms with Gasteiger partial charge in [-0.15, -0.1) is 0 Å². The minimum absolute atomic E-state index is 0.0334. The number of sulfonamides is 1. The number of pyridine rings is 1. The minimum atomic E-state index is -3.77. The van der Waals surface area contributed by atoms with Crippen molar-refractivity contribution in [2.24, 2.45) is 5.14 Å². The number of nitrogens with zero attached hydrogens (tertiary/aromatic N) is 2. The SMILES string of the molecule is NS(=O)(=O)c1ccc(N2CC[C@@H](NC(=O)Nc3ccc4c(c3)OCCO4)C2)nc1. The van der Waals surface area contributed by atoms with Gasteiger partial charge in [0.15, 0.2) is 11.5 Å². The number of nitrogens with two attached hydrogens (primary N) is 1. The van der Waals surface area contributed by atoms with Gasteiger partial charge in [0, 0.05) is 37.1 Å². The summed E-state index contributed by atoms with van der Waals surface area (Å²) in [7, 11) is -3.77. The van der Waals surface area contributed by atoms with E-state index in [2.05, 4.69) is 15.6 Å². The first kappa shape index (κ1) is 19.3. The standard InChI is InChI=1S/C18H21N5O5S/c19-29(25,26)14-2-4-17(20-10-14)23-6-5-13(11-23)22-18(24)21-12-1-3-15-16(9-12)28-8-7-27-15/h1-4,9-10,13H,5-8,11H2,(H2,19,25,26)(H2,21,22,24)/t13-/m1/s1. The number of benzene rings is 1. The number of rotatable bonds is 4. The number of hydrogen-bond donors (Lipinski definition) is 3. The second-order valence-corrected chi connectivity index (χ2v) is 8.35. The van der Waals surface area contributed by atoms with Crippen molar-refractivity contribution in [3.05, 3.63) is 36.5 Å². The van der Waals surface area contributed by atoms with Gasteiger partial charge in [-0.2, -0.15) is 0 Å². The van der Waals surface area contributed by atoms with Crippen molar-refractivity contribution in [3.63, 3.8) is 0 Å². The summed E-state index contributed by atoms with van der Waals surface area (Å²) >= 11 is 0. The molecule has 2 aliphatic rings. The number of anilines is 2. The van der Waals surface area contributed by atoms with Crippen LogP contribution in [-0.2, 0) is 10.0 Å². The zero-order chi connectivity index (χ0) is 20.4. The third-order valence-electron chi connectivity index (χ3n) is 4.70. The van der Waals surface area contributed by atoms with E-state index >= 15 is 0 Å². The van der Waals surface area contributed by atoms with Crippen LogP contribution in [0.15, 0.2) is 41.4 Å². The van der Waals surface area contributed by atoms with Gasteiger partial charge in [0.1, 0.15) is 23.9 Å². The molecular formula is C18H21N5O5S. The fourth-order valence-electron chi connectivity index (χ4n) is 3.29. The predicted molar refractivity (Wildman–Crippen MR) is 106 cm³/mol. The maximum Gasteiger partial charge on any atom is 0.319 e. The normalized spacial score (nSPS) is 18.4. The Bertz CT molecular complexity index is 1010. The highest BCUT2D eigenvalue weighted by Gasteiger charge is 2.25. The molecule has 1 aromatic heterocycles. The minimum Gasteiger partial charge on any atom is -0.486 e. The van der Waals surface area contributed by atoms with Crippen LogP contribution >= 0.6 is 0 Å². The van der Waals surface area contributed by atoms with Crippen LogP contribution < -0.4 is 30.1 Å². The number of fused-ring (bicyclic) bond motifs is 1. The highest BCUT2D eigenvalue weighted by Crippen LogP contribution is 2.32. The van der Waals surface area contributed by atoms with Gasteiger partial charge >= 0.3 is 6.03 Å². The Hall–Kier alpha value is -3.05. The number of primary sulfonamides is 1. The monoisotopic (exact) mass is 419 g/mol. The number of ether oxygens (including phenoxy) is 2. The van der Waals surface area contributed by atoms with Crippen molar-refractivity contribution < 1.29 is 22.7 Å². The van der Waals surface area contributed by atoms with E-state index in [9.17, 15) is 13.2 Å². The van der Waals surface area contributed by atoms with E-state index < -0.39 is 10.0 Å². The smallest absolute Gasteiger partial charge is 0.319 e. The summed E-state index contributed by atoms with van der Waals surface area (Å²) in [6.07, 6.45) is 1.98. The van der Waals surface area contributed by atoms with Crippen LogP contribution in [0.4, 0.5) is 16.3 Å². The van der Waals surface area contributed by atoms with Gasteiger partial charge in [0.05, 0.1) is 0 Å². The van der Waals surface area contributed by atoms with Gasteiger partial charge in [0.25, 0.3) is 0 Å². The molecule has 4 rings (SSSR count). The molecule has 0 radical (unpaired) electrons. The molecule has 29 heavy (non-hydrogen) atoms. The maximum atomic E-state index is 12.3. The molecule has 11 heteroatoms. The molecule has 0 aliphatic carbocycles. The predicted octanol–water partition coefficient (Wildman–Crippen LogP) is 0.901. The average molecular weight is 419 g/mol. The molecule has 4 N–H and O–H groups in total. The summed E-state index contributed by atoms with van der Waals surface area (Å²) in [5, 5.41) is 10.8. The quantitative estimate of drug-likeness (QED) is 0.670. The second kappa shape index (κ2) is 7.76. The summed E-state index contributed by atoms with van der Waals surface area (Å²) in [5.74, 6) is 1.90. The van der Waals surface area contributed by atoms with Crippen molar-refractivity contribution in [3.8, 4) is 11.5 Å². The van der Waals surface area contributed by atoms with Crippen molar-refractivity contribution >= 4 is 27.6 Å². The Morgan fingerprint density at radius 1 is 1.17 bits per heavy atom. The summed E-state index contributed by atoms with van der Waals surface area (Å²) in [5.41, 5.74) is 0.613. The third-order valence-corrected chi connectivity index (χ3v) is 5.60. The van der Waals surface area contributed by atoms with Crippen LogP contribution in [0.3, 0.4) is 0 Å². The number of carbonyl (C=O) groups excluding carboxylic acids is 1. The van der Waals surface area contributed by atoms with Crippen molar-refractivity contribution in [1.29, 1.82) is 0 Å². The first-order chi connectivity index (χ1) is 13.9. The molecule has 2 aliphatic heterocycles. The van der Waals surface area contributed by atoms with Crippen LogP contribution in [0.25, 0.3) is 0 Å². The molecule has 154 valence electrons. The van der Waals surface area contributed by atoms with Gasteiger partial charge < -0.3 is 25.0 Å². The molecule has 2 amide bonds. The molecule has 0 unspecified atom stereocenters. The molecule has 2 aromatic rings. The van der Waals surface area contributed by atoms with Crippen LogP contribution in [0, 0.1) is 0 Å². The Balaban J connectivity index is 1.32. The fourth-order valence-corrected chi connectivity index (χ4v) is 3.75. The number of aromatic nitrogens is 1. The Morgan fingerprint density at radius 2 is 1.97 bits per heavy atom. The molecule has 0 spiro atoms. The van der Waals surface area contributed by atoms with E-state index in [4.69, 9.17) is 14.6 Å². The highest BCUT2D eigenvalue weighted by atomic mass is 32.2. The summed E-state index contributed by atoms with van der Waals surface area (Å²) in [6, 6.07) is 7.90. The second-order valence-electron chi connectivity index (χ2n) is 6.79. The number of hydrogen-bond acceptors (Lipinski definition) is 7. The zero-order valence-corrected chi connectivity index (χ0v) is 16.3. The average Bonchev–Trinajstić information content (AvgIpc) is 3.15. The topological polar surface area (TPSA) is 136 Å². The van der Waals surface area contributed by atoms with E-state index in [0.717, 1.165) is 6.42 Å². The molecule has 3 heterocycles. The third kappa shape index (κ3) is 4.51. The lowest BCUT2D eigenvalue weighted by Gasteiger charge is -2.20. The lowest BCUT2D eigenvalue weighted by Crippen LogP contribution is -2.39. The molecule has 0 bridgehead atoms. The van der Waals surface area contributed by atoms with Gasteiger partial charge in [-0.3, -0.25) is 0 Å². The maximum absolute atomic E-state index is 12.3. The van der Waals surface area contributed by atoms with Crippen molar-refractivity contribution in [2.75, 3.05) is 36.5 Å². The number of nitrogens with one attached hydrogen (secondary N) is 2. The first-order valence-corrected chi connectivity index (χ1v) is 10.6. The van der Waals surface area contributed by atoms with E-state index in [1.54, 1.807) is 24.3 Å². The number of carbonyl (C=O) groups is 1. The Kier molecular flexibility index (Phi) is 5.16. The van der Waals surface area contributed by atoms with Gasteiger partial charge in [-0.05, 0) is 30.7 Å². The van der Waals surface area contributed by atoms with E-state index in [1.165, 1.54) is 12.3 Å². The zero-order valence-electron chi connectivity index (χ0n) is 15.5. The molecular weight excluding hydrogens is 398 g/mol. The molecule has 1 fully saturated rings. The summed E-state index contributed by atoms with van der Waals surface area (Å²) in [4.78, 5) is 18.4. The lowest BCUT2D eigenvalue weighted by atomic mass is 10.2. The molecule has 0 saturated carbocycles. The van der Waals surface area contributed by atoms with Crippen LogP contribution in [-0.4, -0.2) is 51.8 Å². The fraction of sp³-hybridized carbons (Fsp3) is 0.333. The van der Waals surface area contributed by atoms with E-state index in [-0.39, 0.29) is 17.0 Å². The van der Waals surface area contributed by atoms with Crippen LogP contribution in [0.1, 0.15) is 6.42 Å². The number of urea groups is 1. The molecule has 1 saturated heterocycles. The van der Waals surface area contributed by atoms with Crippen molar-refractivity contribution in [2.45, 2.75) is 17.4 Å². The lowest BCUT2D eigenvalue weighted by molar-refractivity contribution is 0.171. The number of amides is 2. The molecule has 1 atom stereocenters. The Labute approximate surface area is 168 Å². The summed E-state index contributed by atoms with van der Waals surface area (Å²) in [6.45, 7) is 2.25. The molecule has 10 nitrogen and oxygen atoms in total. The Morgan fingerprint density at radius 3 is 2.69 bits per heavy atom. The largest absolute Gasteiger partial charge is 0.486 e. The van der Waals surface area contributed by atoms with Crippen LogP contribution in [0.2, 0.25) is 0 Å². The highest BCUT2D eigenvalue weighted by molar-refractivity contribution is 7.89.